The fraction of sp³-hybridized carbons (Fsp3) is 0.714. The number of hydrogen-bond acceptors (Lipinski definition) is 3. The first-order chi connectivity index (χ1) is 5.43. The lowest BCUT2D eigenvalue weighted by atomic mass is 10.2. The van der Waals surface area contributed by atoms with Gasteiger partial charge in [0, 0.05) is 6.54 Å². The SMILES string of the molecule is NCCCCCn1cncn1. The molecule has 11 heavy (non-hydrogen) atoms. The number of aryl methyl sites for hydroxylation is 1. The van der Waals surface area contributed by atoms with Gasteiger partial charge in [-0.25, -0.2) is 4.98 Å². The van der Waals surface area contributed by atoms with Crippen molar-refractivity contribution < 1.29 is 0 Å². The van der Waals surface area contributed by atoms with Crippen LogP contribution in [0.25, 0.3) is 0 Å². The van der Waals surface area contributed by atoms with Crippen LogP contribution < -0.4 is 5.73 Å². The van der Waals surface area contributed by atoms with Gasteiger partial charge < -0.3 is 5.73 Å². The molecular formula is C7H14N4. The van der Waals surface area contributed by atoms with Gasteiger partial charge >= 0.3 is 0 Å². The summed E-state index contributed by atoms with van der Waals surface area (Å²) in [7, 11) is 0. The Labute approximate surface area is 66.4 Å². The highest BCUT2D eigenvalue weighted by Crippen LogP contribution is 1.95. The summed E-state index contributed by atoms with van der Waals surface area (Å²) in [6.07, 6.45) is 6.72. The van der Waals surface area contributed by atoms with Gasteiger partial charge in [-0.2, -0.15) is 5.10 Å². The third kappa shape index (κ3) is 3.13. The quantitative estimate of drug-likeness (QED) is 0.625. The number of hydrogen-bond donors (Lipinski definition) is 1. The minimum absolute atomic E-state index is 0.789. The Morgan fingerprint density at radius 1 is 1.27 bits per heavy atom. The van der Waals surface area contributed by atoms with E-state index in [0.717, 1.165) is 25.9 Å². The average molecular weight is 154 g/mol. The number of rotatable bonds is 5. The molecule has 4 nitrogen and oxygen atoms in total. The van der Waals surface area contributed by atoms with E-state index in [1.807, 2.05) is 4.68 Å². The predicted molar refractivity (Wildman–Crippen MR) is 42.9 cm³/mol. The zero-order valence-corrected chi connectivity index (χ0v) is 6.61. The molecule has 0 aliphatic carbocycles. The van der Waals surface area contributed by atoms with Gasteiger partial charge in [0.25, 0.3) is 0 Å². The van der Waals surface area contributed by atoms with Gasteiger partial charge in [0.1, 0.15) is 12.7 Å². The molecule has 0 atom stereocenters. The van der Waals surface area contributed by atoms with E-state index in [1.165, 1.54) is 6.42 Å². The molecule has 0 aliphatic rings. The molecule has 0 amide bonds. The highest BCUT2D eigenvalue weighted by Gasteiger charge is 1.90. The molecule has 1 aromatic heterocycles. The van der Waals surface area contributed by atoms with E-state index in [9.17, 15) is 0 Å². The minimum Gasteiger partial charge on any atom is -0.330 e. The molecule has 0 aromatic carbocycles. The molecule has 1 heterocycles. The van der Waals surface area contributed by atoms with Crippen LogP contribution in [0.15, 0.2) is 12.7 Å². The lowest BCUT2D eigenvalue weighted by molar-refractivity contribution is 0.546. The van der Waals surface area contributed by atoms with Crippen LogP contribution in [0.5, 0.6) is 0 Å². The molecule has 0 saturated heterocycles. The number of unbranched alkanes of at least 4 members (excludes halogenated alkanes) is 2. The Morgan fingerprint density at radius 2 is 2.18 bits per heavy atom. The molecule has 0 bridgehead atoms. The van der Waals surface area contributed by atoms with Crippen LogP contribution in [0.1, 0.15) is 19.3 Å². The second-order valence-electron chi connectivity index (χ2n) is 2.51. The molecule has 4 heteroatoms. The van der Waals surface area contributed by atoms with Crippen molar-refractivity contribution in [3.8, 4) is 0 Å². The maximum absolute atomic E-state index is 5.35. The van der Waals surface area contributed by atoms with Gasteiger partial charge in [0.05, 0.1) is 0 Å². The average Bonchev–Trinajstić information content (AvgIpc) is 2.50. The summed E-state index contributed by atoms with van der Waals surface area (Å²) in [5.74, 6) is 0. The highest BCUT2D eigenvalue weighted by atomic mass is 15.3. The molecular weight excluding hydrogens is 140 g/mol. The van der Waals surface area contributed by atoms with Crippen LogP contribution in [0.4, 0.5) is 0 Å². The Hall–Kier alpha value is -0.900. The molecule has 0 spiro atoms. The van der Waals surface area contributed by atoms with Gasteiger partial charge in [0.2, 0.25) is 0 Å². The van der Waals surface area contributed by atoms with Crippen LogP contribution >= 0.6 is 0 Å². The van der Waals surface area contributed by atoms with Crippen molar-refractivity contribution in [1.82, 2.24) is 14.8 Å². The zero-order chi connectivity index (χ0) is 7.94. The van der Waals surface area contributed by atoms with Crippen molar-refractivity contribution in [3.05, 3.63) is 12.7 Å². The molecule has 0 radical (unpaired) electrons. The van der Waals surface area contributed by atoms with E-state index >= 15 is 0 Å². The van der Waals surface area contributed by atoms with Crippen molar-refractivity contribution in [3.63, 3.8) is 0 Å². The first kappa shape index (κ1) is 8.20. The fourth-order valence-corrected chi connectivity index (χ4v) is 0.943. The lowest BCUT2D eigenvalue weighted by Crippen LogP contribution is -2.01. The summed E-state index contributed by atoms with van der Waals surface area (Å²) >= 11 is 0. The molecule has 0 saturated carbocycles. The summed E-state index contributed by atoms with van der Waals surface area (Å²) in [6.45, 7) is 1.75. The first-order valence-corrected chi connectivity index (χ1v) is 3.96. The van der Waals surface area contributed by atoms with Crippen molar-refractivity contribution in [2.24, 2.45) is 5.73 Å². The van der Waals surface area contributed by atoms with Gasteiger partial charge in [-0.15, -0.1) is 0 Å². The third-order valence-electron chi connectivity index (χ3n) is 1.56. The second kappa shape index (κ2) is 4.85. The zero-order valence-electron chi connectivity index (χ0n) is 6.61. The Kier molecular flexibility index (Phi) is 3.61. The molecule has 0 aliphatic heterocycles. The van der Waals surface area contributed by atoms with Gasteiger partial charge in [0.15, 0.2) is 0 Å². The highest BCUT2D eigenvalue weighted by molar-refractivity contribution is 4.55. The normalized spacial score (nSPS) is 10.3. The monoisotopic (exact) mass is 154 g/mol. The topological polar surface area (TPSA) is 56.7 Å². The second-order valence-corrected chi connectivity index (χ2v) is 2.51. The molecule has 0 fully saturated rings. The van der Waals surface area contributed by atoms with E-state index < -0.39 is 0 Å². The van der Waals surface area contributed by atoms with Crippen molar-refractivity contribution in [2.75, 3.05) is 6.54 Å². The largest absolute Gasteiger partial charge is 0.330 e. The van der Waals surface area contributed by atoms with Gasteiger partial charge in [-0.3, -0.25) is 4.68 Å². The standard InChI is InChI=1S/C7H14N4/c8-4-2-1-3-5-11-7-9-6-10-11/h6-7H,1-5,8H2. The lowest BCUT2D eigenvalue weighted by Gasteiger charge is -1.98. The summed E-state index contributed by atoms with van der Waals surface area (Å²) in [6, 6.07) is 0. The molecule has 62 valence electrons. The van der Waals surface area contributed by atoms with Gasteiger partial charge in [-0.1, -0.05) is 6.42 Å². The molecule has 2 N–H and O–H groups in total. The third-order valence-corrected chi connectivity index (χ3v) is 1.56. The van der Waals surface area contributed by atoms with E-state index in [4.69, 9.17) is 5.73 Å². The summed E-state index contributed by atoms with van der Waals surface area (Å²) in [5.41, 5.74) is 5.35. The smallest absolute Gasteiger partial charge is 0.137 e. The molecule has 0 unspecified atom stereocenters. The Bertz CT molecular complexity index is 171. The van der Waals surface area contributed by atoms with E-state index in [2.05, 4.69) is 10.1 Å². The van der Waals surface area contributed by atoms with E-state index in [0.29, 0.717) is 0 Å². The summed E-state index contributed by atoms with van der Waals surface area (Å²) in [4.78, 5) is 3.85. The molecule has 1 aromatic rings. The first-order valence-electron chi connectivity index (χ1n) is 3.96. The van der Waals surface area contributed by atoms with Crippen molar-refractivity contribution >= 4 is 0 Å². The van der Waals surface area contributed by atoms with Crippen LogP contribution in [0, 0.1) is 0 Å². The van der Waals surface area contributed by atoms with Crippen LogP contribution in [-0.4, -0.2) is 21.3 Å². The van der Waals surface area contributed by atoms with E-state index in [1.54, 1.807) is 12.7 Å². The number of nitrogens with two attached hydrogens (primary N) is 1. The van der Waals surface area contributed by atoms with Crippen molar-refractivity contribution in [2.45, 2.75) is 25.8 Å². The van der Waals surface area contributed by atoms with Crippen LogP contribution in [0.3, 0.4) is 0 Å². The maximum Gasteiger partial charge on any atom is 0.137 e. The van der Waals surface area contributed by atoms with Crippen LogP contribution in [-0.2, 0) is 6.54 Å². The predicted octanol–water partition coefficient (Wildman–Crippen LogP) is 0.407. The van der Waals surface area contributed by atoms with Crippen molar-refractivity contribution in [1.29, 1.82) is 0 Å². The fourth-order valence-electron chi connectivity index (χ4n) is 0.943. The summed E-state index contributed by atoms with van der Waals surface area (Å²) in [5, 5.41) is 3.99. The Morgan fingerprint density at radius 3 is 2.82 bits per heavy atom. The maximum atomic E-state index is 5.35. The Balaban J connectivity index is 2.04. The van der Waals surface area contributed by atoms with Gasteiger partial charge in [-0.05, 0) is 19.4 Å². The minimum atomic E-state index is 0.789. The number of aromatic nitrogens is 3. The van der Waals surface area contributed by atoms with Crippen LogP contribution in [0.2, 0.25) is 0 Å². The van der Waals surface area contributed by atoms with E-state index in [-0.39, 0.29) is 0 Å². The number of nitrogens with zero attached hydrogens (tertiary/aromatic N) is 3. The summed E-state index contributed by atoms with van der Waals surface area (Å²) < 4.78 is 1.84. The molecule has 1 rings (SSSR count).